The van der Waals surface area contributed by atoms with Gasteiger partial charge in [-0.1, -0.05) is 29.8 Å². The standard InChI is InChI=1S/C17H20ClNO2S/c1-3-21-15-7-5-4-6-13(15)8-11-17(20)19(2)12-14-9-10-16(18)22-14/h4-7,9-10H,3,8,11-12H2,1-2H3. The molecular formula is C17H20ClNO2S. The zero-order valence-corrected chi connectivity index (χ0v) is 14.4. The van der Waals surface area contributed by atoms with Gasteiger partial charge in [-0.05, 0) is 37.1 Å². The van der Waals surface area contributed by atoms with Crippen molar-refractivity contribution in [2.24, 2.45) is 0 Å². The van der Waals surface area contributed by atoms with Gasteiger partial charge in [0.1, 0.15) is 5.75 Å². The van der Waals surface area contributed by atoms with Crippen LogP contribution in [-0.4, -0.2) is 24.5 Å². The number of thiophene rings is 1. The normalized spacial score (nSPS) is 10.5. The summed E-state index contributed by atoms with van der Waals surface area (Å²) in [7, 11) is 1.82. The predicted octanol–water partition coefficient (Wildman–Crippen LogP) is 4.39. The molecule has 1 heterocycles. The lowest BCUT2D eigenvalue weighted by Gasteiger charge is -2.17. The van der Waals surface area contributed by atoms with E-state index in [9.17, 15) is 4.79 Å². The summed E-state index contributed by atoms with van der Waals surface area (Å²) in [5, 5.41) is 0. The molecule has 0 atom stereocenters. The third kappa shape index (κ3) is 4.75. The first-order valence-electron chi connectivity index (χ1n) is 7.29. The second-order valence-corrected chi connectivity index (χ2v) is 6.80. The van der Waals surface area contributed by atoms with Gasteiger partial charge in [-0.3, -0.25) is 4.79 Å². The fraction of sp³-hybridized carbons (Fsp3) is 0.353. The van der Waals surface area contributed by atoms with Crippen LogP contribution < -0.4 is 4.74 Å². The van der Waals surface area contributed by atoms with E-state index in [0.29, 0.717) is 26.0 Å². The third-order valence-electron chi connectivity index (χ3n) is 3.33. The van der Waals surface area contributed by atoms with E-state index in [0.717, 1.165) is 20.5 Å². The van der Waals surface area contributed by atoms with Crippen molar-refractivity contribution in [2.75, 3.05) is 13.7 Å². The topological polar surface area (TPSA) is 29.5 Å². The number of nitrogens with zero attached hydrogens (tertiary/aromatic N) is 1. The molecule has 22 heavy (non-hydrogen) atoms. The highest BCUT2D eigenvalue weighted by Gasteiger charge is 2.12. The molecule has 0 spiro atoms. The van der Waals surface area contributed by atoms with Gasteiger partial charge < -0.3 is 9.64 Å². The number of para-hydroxylation sites is 1. The van der Waals surface area contributed by atoms with Crippen LogP contribution >= 0.6 is 22.9 Å². The van der Waals surface area contributed by atoms with Gasteiger partial charge in [-0.25, -0.2) is 0 Å². The molecule has 118 valence electrons. The number of halogens is 1. The fourth-order valence-electron chi connectivity index (χ4n) is 2.20. The minimum Gasteiger partial charge on any atom is -0.494 e. The lowest BCUT2D eigenvalue weighted by atomic mass is 10.1. The first-order valence-corrected chi connectivity index (χ1v) is 8.48. The average Bonchev–Trinajstić information content (AvgIpc) is 2.91. The van der Waals surface area contributed by atoms with Crippen LogP contribution in [-0.2, 0) is 17.8 Å². The minimum absolute atomic E-state index is 0.121. The Labute approximate surface area is 140 Å². The molecule has 2 rings (SSSR count). The van der Waals surface area contributed by atoms with Crippen LogP contribution in [0.4, 0.5) is 0 Å². The van der Waals surface area contributed by atoms with Crippen molar-refractivity contribution in [1.29, 1.82) is 0 Å². The van der Waals surface area contributed by atoms with Gasteiger partial charge in [-0.2, -0.15) is 0 Å². The number of carbonyl (C=O) groups excluding carboxylic acids is 1. The Balaban J connectivity index is 1.89. The summed E-state index contributed by atoms with van der Waals surface area (Å²) >= 11 is 7.42. The monoisotopic (exact) mass is 337 g/mol. The number of carbonyl (C=O) groups is 1. The summed E-state index contributed by atoms with van der Waals surface area (Å²) in [6.45, 7) is 3.19. The van der Waals surface area contributed by atoms with Gasteiger partial charge in [0.2, 0.25) is 5.91 Å². The van der Waals surface area contributed by atoms with E-state index in [4.69, 9.17) is 16.3 Å². The summed E-state index contributed by atoms with van der Waals surface area (Å²) in [6.07, 6.45) is 1.16. The number of amides is 1. The van der Waals surface area contributed by atoms with Gasteiger partial charge in [0.15, 0.2) is 0 Å². The van der Waals surface area contributed by atoms with Gasteiger partial charge in [0.25, 0.3) is 0 Å². The highest BCUT2D eigenvalue weighted by atomic mass is 35.5. The van der Waals surface area contributed by atoms with Gasteiger partial charge in [0, 0.05) is 18.3 Å². The number of hydrogen-bond acceptors (Lipinski definition) is 3. The van der Waals surface area contributed by atoms with Crippen LogP contribution in [0.5, 0.6) is 5.75 Å². The molecule has 5 heteroatoms. The Bertz CT molecular complexity index is 627. The SMILES string of the molecule is CCOc1ccccc1CCC(=O)N(C)Cc1ccc(Cl)s1. The van der Waals surface area contributed by atoms with E-state index in [-0.39, 0.29) is 5.91 Å². The molecule has 0 unspecified atom stereocenters. The smallest absolute Gasteiger partial charge is 0.222 e. The van der Waals surface area contributed by atoms with Gasteiger partial charge in [-0.15, -0.1) is 11.3 Å². The molecule has 1 aromatic heterocycles. The molecule has 0 bridgehead atoms. The van der Waals surface area contributed by atoms with Crippen LogP contribution in [0.3, 0.4) is 0 Å². The maximum atomic E-state index is 12.3. The molecule has 0 aliphatic carbocycles. The minimum atomic E-state index is 0.121. The van der Waals surface area contributed by atoms with E-state index in [1.54, 1.807) is 4.90 Å². The summed E-state index contributed by atoms with van der Waals surface area (Å²) in [5.41, 5.74) is 1.07. The van der Waals surface area contributed by atoms with E-state index >= 15 is 0 Å². The van der Waals surface area contributed by atoms with Gasteiger partial charge in [0.05, 0.1) is 17.5 Å². The number of benzene rings is 1. The first kappa shape index (κ1) is 16.8. The zero-order valence-electron chi connectivity index (χ0n) is 12.8. The predicted molar refractivity (Wildman–Crippen MR) is 91.7 cm³/mol. The number of aryl methyl sites for hydroxylation is 1. The molecular weight excluding hydrogens is 318 g/mol. The zero-order chi connectivity index (χ0) is 15.9. The summed E-state index contributed by atoms with van der Waals surface area (Å²) in [4.78, 5) is 15.1. The quantitative estimate of drug-likeness (QED) is 0.749. The molecule has 0 N–H and O–H groups in total. The van der Waals surface area contributed by atoms with Crippen LogP contribution in [0.2, 0.25) is 4.34 Å². The van der Waals surface area contributed by atoms with E-state index in [1.807, 2.05) is 50.4 Å². The average molecular weight is 338 g/mol. The van der Waals surface area contributed by atoms with Crippen molar-refractivity contribution in [1.82, 2.24) is 4.90 Å². The Morgan fingerprint density at radius 2 is 2.05 bits per heavy atom. The molecule has 0 saturated heterocycles. The Morgan fingerprint density at radius 1 is 1.27 bits per heavy atom. The van der Waals surface area contributed by atoms with Crippen LogP contribution in [0.25, 0.3) is 0 Å². The van der Waals surface area contributed by atoms with Crippen molar-refractivity contribution < 1.29 is 9.53 Å². The summed E-state index contributed by atoms with van der Waals surface area (Å²) in [5.74, 6) is 0.987. The van der Waals surface area contributed by atoms with Gasteiger partial charge >= 0.3 is 0 Å². The molecule has 1 amide bonds. The molecule has 0 fully saturated rings. The molecule has 0 radical (unpaired) electrons. The molecule has 3 nitrogen and oxygen atoms in total. The van der Waals surface area contributed by atoms with Crippen molar-refractivity contribution in [3.63, 3.8) is 0 Å². The van der Waals surface area contributed by atoms with Crippen molar-refractivity contribution in [2.45, 2.75) is 26.3 Å². The second-order valence-electron chi connectivity index (χ2n) is 5.00. The third-order valence-corrected chi connectivity index (χ3v) is 4.54. The van der Waals surface area contributed by atoms with Crippen molar-refractivity contribution in [3.8, 4) is 5.75 Å². The maximum absolute atomic E-state index is 12.3. The van der Waals surface area contributed by atoms with E-state index in [1.165, 1.54) is 11.3 Å². The number of ether oxygens (including phenoxy) is 1. The van der Waals surface area contributed by atoms with Crippen molar-refractivity contribution in [3.05, 3.63) is 51.2 Å². The molecule has 2 aromatic rings. The largest absolute Gasteiger partial charge is 0.494 e. The Hall–Kier alpha value is -1.52. The first-order chi connectivity index (χ1) is 10.6. The Morgan fingerprint density at radius 3 is 2.73 bits per heavy atom. The number of hydrogen-bond donors (Lipinski definition) is 0. The molecule has 0 saturated carbocycles. The second kappa shape index (κ2) is 8.20. The fourth-order valence-corrected chi connectivity index (χ4v) is 3.34. The molecule has 0 aliphatic heterocycles. The van der Waals surface area contributed by atoms with Crippen LogP contribution in [0, 0.1) is 0 Å². The van der Waals surface area contributed by atoms with E-state index < -0.39 is 0 Å². The molecule has 0 aliphatic rings. The van der Waals surface area contributed by atoms with Crippen LogP contribution in [0.1, 0.15) is 23.8 Å². The summed E-state index contributed by atoms with van der Waals surface area (Å²) in [6, 6.07) is 11.7. The number of rotatable bonds is 7. The highest BCUT2D eigenvalue weighted by Crippen LogP contribution is 2.23. The van der Waals surface area contributed by atoms with Crippen molar-refractivity contribution >= 4 is 28.8 Å². The maximum Gasteiger partial charge on any atom is 0.222 e. The Kier molecular flexibility index (Phi) is 6.28. The lowest BCUT2D eigenvalue weighted by molar-refractivity contribution is -0.130. The van der Waals surface area contributed by atoms with Crippen LogP contribution in [0.15, 0.2) is 36.4 Å². The highest BCUT2D eigenvalue weighted by molar-refractivity contribution is 7.16. The lowest BCUT2D eigenvalue weighted by Crippen LogP contribution is -2.26. The van der Waals surface area contributed by atoms with E-state index in [2.05, 4.69) is 0 Å². The molecule has 1 aromatic carbocycles. The summed E-state index contributed by atoms with van der Waals surface area (Å²) < 4.78 is 6.34.